The van der Waals surface area contributed by atoms with E-state index in [2.05, 4.69) is 5.32 Å². The second kappa shape index (κ2) is 12.7. The number of nitrogens with one attached hydrogen (secondary N) is 1. The number of nitrogens with zero attached hydrogens (tertiary/aromatic N) is 1. The molecule has 1 heterocycles. The highest BCUT2D eigenvalue weighted by Gasteiger charge is 2.36. The number of aryl methyl sites for hydroxylation is 1. The molecule has 36 heavy (non-hydrogen) atoms. The third kappa shape index (κ3) is 7.54. The maximum Gasteiger partial charge on any atom is 0.338 e. The fraction of sp³-hybridized carbons (Fsp3) is 0.269. The highest BCUT2D eigenvalue weighted by atomic mass is 32.2. The molecule has 0 saturated carbocycles. The van der Waals surface area contributed by atoms with Crippen molar-refractivity contribution in [1.82, 2.24) is 4.90 Å². The van der Waals surface area contributed by atoms with E-state index in [0.29, 0.717) is 17.7 Å². The Bertz CT molecular complexity index is 1170. The minimum atomic E-state index is -0.678. The first kappa shape index (κ1) is 26.7. The minimum Gasteiger partial charge on any atom is -0.464 e. The van der Waals surface area contributed by atoms with Crippen LogP contribution in [0, 0.1) is 6.92 Å². The lowest BCUT2D eigenvalue weighted by Crippen LogP contribution is -2.34. The Morgan fingerprint density at radius 1 is 1.00 bits per heavy atom. The molecule has 10 heteroatoms. The van der Waals surface area contributed by atoms with Gasteiger partial charge in [-0.3, -0.25) is 24.1 Å². The van der Waals surface area contributed by atoms with Crippen LogP contribution in [0.25, 0.3) is 6.08 Å². The van der Waals surface area contributed by atoms with Gasteiger partial charge in [-0.05, 0) is 61.0 Å². The molecule has 0 aliphatic carbocycles. The van der Waals surface area contributed by atoms with E-state index in [4.69, 9.17) is 9.47 Å². The lowest BCUT2D eigenvalue weighted by Gasteiger charge is -2.11. The lowest BCUT2D eigenvalue weighted by molar-refractivity contribution is -0.146. The summed E-state index contributed by atoms with van der Waals surface area (Å²) in [6.45, 7) is 3.25. The average molecular weight is 511 g/mol. The van der Waals surface area contributed by atoms with Crippen molar-refractivity contribution in [2.24, 2.45) is 0 Å². The number of unbranched alkanes of at least 4 members (excludes halogenated alkanes) is 1. The van der Waals surface area contributed by atoms with Crippen molar-refractivity contribution in [3.8, 4) is 0 Å². The fourth-order valence-corrected chi connectivity index (χ4v) is 3.89. The molecule has 3 amide bonds. The number of amides is 3. The predicted molar refractivity (Wildman–Crippen MR) is 135 cm³/mol. The zero-order valence-electron chi connectivity index (χ0n) is 19.9. The van der Waals surface area contributed by atoms with E-state index in [9.17, 15) is 24.0 Å². The molecule has 1 aliphatic heterocycles. The quantitative estimate of drug-likeness (QED) is 0.287. The van der Waals surface area contributed by atoms with Crippen LogP contribution in [0.5, 0.6) is 0 Å². The first-order valence-electron chi connectivity index (χ1n) is 11.3. The first-order valence-corrected chi connectivity index (χ1v) is 12.1. The number of benzene rings is 2. The van der Waals surface area contributed by atoms with Crippen LogP contribution in [0.4, 0.5) is 10.5 Å². The summed E-state index contributed by atoms with van der Waals surface area (Å²) in [5.74, 6) is -2.36. The standard InChI is InChI=1S/C26H26N2O7S/c1-3-4-13-34-23(30)15-28-24(31)21(36-26(28)33)14-18-7-9-19(10-8-18)25(32)35-16-22(29)27-20-11-5-17(2)6-12-20/h5-12,14H,3-4,13,15-16H2,1-2H3,(H,27,29)/b21-14-. The number of thioether (sulfide) groups is 1. The molecular weight excluding hydrogens is 484 g/mol. The third-order valence-electron chi connectivity index (χ3n) is 5.04. The van der Waals surface area contributed by atoms with E-state index in [1.165, 1.54) is 18.2 Å². The summed E-state index contributed by atoms with van der Waals surface area (Å²) in [6, 6.07) is 13.3. The zero-order valence-corrected chi connectivity index (χ0v) is 20.8. The van der Waals surface area contributed by atoms with Crippen LogP contribution in [0.1, 0.15) is 41.3 Å². The molecular formula is C26H26N2O7S. The predicted octanol–water partition coefficient (Wildman–Crippen LogP) is 4.17. The number of ether oxygens (including phenoxy) is 2. The molecule has 1 fully saturated rings. The van der Waals surface area contributed by atoms with E-state index in [1.807, 2.05) is 26.0 Å². The summed E-state index contributed by atoms with van der Waals surface area (Å²) in [4.78, 5) is 61.9. The van der Waals surface area contributed by atoms with Crippen LogP contribution in [0.15, 0.2) is 53.4 Å². The molecule has 3 rings (SSSR count). The van der Waals surface area contributed by atoms with Gasteiger partial charge in [-0.15, -0.1) is 0 Å². The smallest absolute Gasteiger partial charge is 0.338 e. The summed E-state index contributed by atoms with van der Waals surface area (Å²) in [5.41, 5.74) is 2.45. The van der Waals surface area contributed by atoms with Gasteiger partial charge in [0.2, 0.25) is 0 Å². The monoisotopic (exact) mass is 510 g/mol. The molecule has 0 bridgehead atoms. The Hall–Kier alpha value is -3.92. The summed E-state index contributed by atoms with van der Waals surface area (Å²) in [7, 11) is 0. The SMILES string of the molecule is CCCCOC(=O)CN1C(=O)S/C(=C\c2ccc(C(=O)OCC(=O)Nc3ccc(C)cc3)cc2)C1=O. The normalized spacial score (nSPS) is 14.2. The molecule has 0 unspecified atom stereocenters. The van der Waals surface area contributed by atoms with Crippen molar-refractivity contribution in [2.45, 2.75) is 26.7 Å². The van der Waals surface area contributed by atoms with Crippen molar-refractivity contribution in [2.75, 3.05) is 25.1 Å². The summed E-state index contributed by atoms with van der Waals surface area (Å²) < 4.78 is 10.1. The maximum absolute atomic E-state index is 12.6. The van der Waals surface area contributed by atoms with Gasteiger partial charge >= 0.3 is 11.9 Å². The van der Waals surface area contributed by atoms with Crippen molar-refractivity contribution in [3.05, 3.63) is 70.1 Å². The molecule has 2 aromatic rings. The molecule has 0 atom stereocenters. The van der Waals surface area contributed by atoms with E-state index in [1.54, 1.807) is 24.3 Å². The van der Waals surface area contributed by atoms with Gasteiger partial charge in [-0.25, -0.2) is 4.79 Å². The molecule has 0 aromatic heterocycles. The van der Waals surface area contributed by atoms with Gasteiger partial charge < -0.3 is 14.8 Å². The van der Waals surface area contributed by atoms with Crippen LogP contribution < -0.4 is 5.32 Å². The second-order valence-electron chi connectivity index (χ2n) is 7.95. The molecule has 1 saturated heterocycles. The Kier molecular flexibility index (Phi) is 9.40. The lowest BCUT2D eigenvalue weighted by atomic mass is 10.1. The maximum atomic E-state index is 12.6. The third-order valence-corrected chi connectivity index (χ3v) is 5.94. The largest absolute Gasteiger partial charge is 0.464 e. The van der Waals surface area contributed by atoms with Crippen LogP contribution in [-0.4, -0.2) is 53.7 Å². The minimum absolute atomic E-state index is 0.157. The van der Waals surface area contributed by atoms with Gasteiger partial charge in [0.15, 0.2) is 6.61 Å². The van der Waals surface area contributed by atoms with Crippen LogP contribution in [0.3, 0.4) is 0 Å². The Morgan fingerprint density at radius 2 is 1.69 bits per heavy atom. The van der Waals surface area contributed by atoms with E-state index in [-0.39, 0.29) is 17.1 Å². The molecule has 0 radical (unpaired) electrons. The molecule has 1 aliphatic rings. The topological polar surface area (TPSA) is 119 Å². The average Bonchev–Trinajstić information content (AvgIpc) is 3.12. The number of esters is 2. The van der Waals surface area contributed by atoms with Gasteiger partial charge in [0.05, 0.1) is 17.1 Å². The van der Waals surface area contributed by atoms with Crippen molar-refractivity contribution in [1.29, 1.82) is 0 Å². The highest BCUT2D eigenvalue weighted by Crippen LogP contribution is 2.32. The molecule has 188 valence electrons. The van der Waals surface area contributed by atoms with Gasteiger partial charge in [0, 0.05) is 5.69 Å². The molecule has 2 aromatic carbocycles. The number of imide groups is 1. The summed E-state index contributed by atoms with van der Waals surface area (Å²) in [5, 5.41) is 2.09. The fourth-order valence-electron chi connectivity index (χ4n) is 3.06. The second-order valence-corrected chi connectivity index (χ2v) is 8.95. The highest BCUT2D eigenvalue weighted by molar-refractivity contribution is 8.18. The Labute approximate surface area is 212 Å². The molecule has 1 N–H and O–H groups in total. The number of carbonyl (C=O) groups is 5. The number of hydrogen-bond acceptors (Lipinski definition) is 8. The Balaban J connectivity index is 1.52. The first-order chi connectivity index (χ1) is 17.3. The van der Waals surface area contributed by atoms with Crippen molar-refractivity contribution < 1.29 is 33.4 Å². The van der Waals surface area contributed by atoms with Crippen molar-refractivity contribution in [3.63, 3.8) is 0 Å². The summed E-state index contributed by atoms with van der Waals surface area (Å²) >= 11 is 0.725. The van der Waals surface area contributed by atoms with E-state index >= 15 is 0 Å². The van der Waals surface area contributed by atoms with Gasteiger partial charge in [-0.2, -0.15) is 0 Å². The van der Waals surface area contributed by atoms with Crippen molar-refractivity contribution >= 4 is 52.5 Å². The number of anilines is 1. The van der Waals surface area contributed by atoms with E-state index < -0.39 is 42.1 Å². The Morgan fingerprint density at radius 3 is 2.36 bits per heavy atom. The zero-order chi connectivity index (χ0) is 26.1. The van der Waals surface area contributed by atoms with Gasteiger partial charge in [0.25, 0.3) is 17.1 Å². The molecule has 9 nitrogen and oxygen atoms in total. The van der Waals surface area contributed by atoms with Crippen LogP contribution >= 0.6 is 11.8 Å². The van der Waals surface area contributed by atoms with E-state index in [0.717, 1.165) is 28.6 Å². The van der Waals surface area contributed by atoms with Crippen LogP contribution in [0.2, 0.25) is 0 Å². The molecule has 0 spiro atoms. The van der Waals surface area contributed by atoms with Gasteiger partial charge in [0.1, 0.15) is 6.54 Å². The summed E-state index contributed by atoms with van der Waals surface area (Å²) in [6.07, 6.45) is 3.06. The van der Waals surface area contributed by atoms with Crippen LogP contribution in [-0.2, 0) is 23.9 Å². The number of rotatable bonds is 10. The number of hydrogen-bond donors (Lipinski definition) is 1. The number of carbonyl (C=O) groups excluding carboxylic acids is 5. The van der Waals surface area contributed by atoms with Gasteiger partial charge in [-0.1, -0.05) is 43.2 Å².